The average molecular weight is 234 g/mol. The Kier molecular flexibility index (Phi) is 5.78. The second-order valence-electron chi connectivity index (χ2n) is 4.51. The van der Waals surface area contributed by atoms with Crippen LogP contribution in [-0.2, 0) is 0 Å². The van der Waals surface area contributed by atoms with Crippen molar-refractivity contribution in [2.24, 2.45) is 0 Å². The Labute approximate surface area is 105 Å². The Morgan fingerprint density at radius 3 is 2.76 bits per heavy atom. The summed E-state index contributed by atoms with van der Waals surface area (Å²) in [6.07, 6.45) is 3.00. The fraction of sp³-hybridized carbons (Fsp3) is 0.467. The molecule has 94 valence electrons. The molecule has 0 aliphatic carbocycles. The molecule has 1 aromatic carbocycles. The summed E-state index contributed by atoms with van der Waals surface area (Å²) in [6, 6.07) is 4.32. The lowest BCUT2D eigenvalue weighted by molar-refractivity contribution is -0.646. The van der Waals surface area contributed by atoms with Crippen molar-refractivity contribution in [3.05, 3.63) is 41.5 Å². The molecule has 1 aromatic rings. The zero-order valence-corrected chi connectivity index (χ0v) is 11.3. The van der Waals surface area contributed by atoms with Gasteiger partial charge in [0, 0.05) is 6.42 Å². The number of benzene rings is 1. The predicted octanol–water partition coefficient (Wildman–Crippen LogP) is 2.13. The lowest BCUT2D eigenvalue weighted by Crippen LogP contribution is -2.84. The highest BCUT2D eigenvalue weighted by Gasteiger charge is 2.03. The van der Waals surface area contributed by atoms with E-state index in [4.69, 9.17) is 4.74 Å². The molecule has 17 heavy (non-hydrogen) atoms. The molecule has 0 bridgehead atoms. The maximum atomic E-state index is 5.83. The van der Waals surface area contributed by atoms with Gasteiger partial charge in [0.1, 0.15) is 5.75 Å². The molecule has 2 N–H and O–H groups in total. The third-order valence-corrected chi connectivity index (χ3v) is 2.91. The summed E-state index contributed by atoms with van der Waals surface area (Å²) >= 11 is 0. The van der Waals surface area contributed by atoms with E-state index >= 15 is 0 Å². The fourth-order valence-corrected chi connectivity index (χ4v) is 1.80. The third-order valence-electron chi connectivity index (χ3n) is 2.91. The summed E-state index contributed by atoms with van der Waals surface area (Å²) in [5, 5.41) is 2.24. The van der Waals surface area contributed by atoms with Crippen molar-refractivity contribution in [3.8, 4) is 5.75 Å². The highest BCUT2D eigenvalue weighted by molar-refractivity contribution is 5.41. The smallest absolute Gasteiger partial charge is 0.122 e. The van der Waals surface area contributed by atoms with E-state index in [-0.39, 0.29) is 0 Å². The number of nitrogens with two attached hydrogens (primary N) is 1. The second-order valence-corrected chi connectivity index (χ2v) is 4.51. The van der Waals surface area contributed by atoms with Crippen molar-refractivity contribution >= 4 is 0 Å². The van der Waals surface area contributed by atoms with E-state index in [2.05, 4.69) is 44.8 Å². The minimum Gasteiger partial charge on any atom is -0.493 e. The molecule has 0 aliphatic heterocycles. The SMILES string of the molecule is C=CC[NH2+]CCCOc1cc(C)cc(C)c1C. The second kappa shape index (κ2) is 7.13. The first-order valence-electron chi connectivity index (χ1n) is 6.28. The summed E-state index contributed by atoms with van der Waals surface area (Å²) in [5.74, 6) is 1.03. The van der Waals surface area contributed by atoms with Crippen LogP contribution in [0.15, 0.2) is 24.8 Å². The van der Waals surface area contributed by atoms with Crippen LogP contribution >= 0.6 is 0 Å². The van der Waals surface area contributed by atoms with Gasteiger partial charge in [0.2, 0.25) is 0 Å². The number of ether oxygens (including phenoxy) is 1. The third kappa shape index (κ3) is 4.61. The van der Waals surface area contributed by atoms with Crippen LogP contribution in [0, 0.1) is 20.8 Å². The van der Waals surface area contributed by atoms with Crippen molar-refractivity contribution in [2.75, 3.05) is 19.7 Å². The van der Waals surface area contributed by atoms with E-state index in [1.54, 1.807) is 0 Å². The van der Waals surface area contributed by atoms with Crippen LogP contribution < -0.4 is 10.1 Å². The molecule has 2 heteroatoms. The van der Waals surface area contributed by atoms with Crippen LogP contribution in [0.3, 0.4) is 0 Å². The van der Waals surface area contributed by atoms with Crippen LogP contribution in [0.4, 0.5) is 0 Å². The van der Waals surface area contributed by atoms with E-state index < -0.39 is 0 Å². The van der Waals surface area contributed by atoms with Gasteiger partial charge in [-0.3, -0.25) is 0 Å². The van der Waals surface area contributed by atoms with Gasteiger partial charge in [-0.25, -0.2) is 0 Å². The zero-order valence-electron chi connectivity index (χ0n) is 11.3. The number of aryl methyl sites for hydroxylation is 2. The van der Waals surface area contributed by atoms with Gasteiger partial charge in [0.15, 0.2) is 0 Å². The normalized spacial score (nSPS) is 10.3. The number of rotatable bonds is 7. The van der Waals surface area contributed by atoms with Gasteiger partial charge in [-0.1, -0.05) is 12.6 Å². The van der Waals surface area contributed by atoms with Gasteiger partial charge in [0.05, 0.1) is 19.7 Å². The maximum Gasteiger partial charge on any atom is 0.122 e. The molecule has 0 atom stereocenters. The van der Waals surface area contributed by atoms with Crippen LogP contribution in [0.2, 0.25) is 0 Å². The number of hydrogen-bond donors (Lipinski definition) is 1. The molecular weight excluding hydrogens is 210 g/mol. The van der Waals surface area contributed by atoms with Crippen molar-refractivity contribution in [1.82, 2.24) is 0 Å². The van der Waals surface area contributed by atoms with E-state index in [1.807, 2.05) is 6.08 Å². The summed E-state index contributed by atoms with van der Waals surface area (Å²) in [6.45, 7) is 12.9. The summed E-state index contributed by atoms with van der Waals surface area (Å²) in [4.78, 5) is 0. The molecule has 0 radical (unpaired) electrons. The number of hydrogen-bond acceptors (Lipinski definition) is 1. The monoisotopic (exact) mass is 234 g/mol. The molecule has 0 saturated heterocycles. The summed E-state index contributed by atoms with van der Waals surface area (Å²) < 4.78 is 5.83. The first-order chi connectivity index (χ1) is 8.15. The van der Waals surface area contributed by atoms with Gasteiger partial charge >= 0.3 is 0 Å². The van der Waals surface area contributed by atoms with E-state index in [0.29, 0.717) is 0 Å². The summed E-state index contributed by atoms with van der Waals surface area (Å²) in [5.41, 5.74) is 3.82. The van der Waals surface area contributed by atoms with Crippen LogP contribution in [-0.4, -0.2) is 19.7 Å². The van der Waals surface area contributed by atoms with Gasteiger partial charge in [-0.15, -0.1) is 0 Å². The Hall–Kier alpha value is -1.28. The van der Waals surface area contributed by atoms with Crippen LogP contribution in [0.5, 0.6) is 5.75 Å². The molecule has 0 fully saturated rings. The molecule has 0 unspecified atom stereocenters. The lowest BCUT2D eigenvalue weighted by atomic mass is 10.1. The molecule has 0 saturated carbocycles. The van der Waals surface area contributed by atoms with Crippen LogP contribution in [0.25, 0.3) is 0 Å². The summed E-state index contributed by atoms with van der Waals surface area (Å²) in [7, 11) is 0. The van der Waals surface area contributed by atoms with Crippen molar-refractivity contribution in [1.29, 1.82) is 0 Å². The number of quaternary nitrogens is 1. The van der Waals surface area contributed by atoms with E-state index in [0.717, 1.165) is 31.9 Å². The topological polar surface area (TPSA) is 25.8 Å². The van der Waals surface area contributed by atoms with E-state index in [9.17, 15) is 0 Å². The lowest BCUT2D eigenvalue weighted by Gasteiger charge is -2.12. The maximum absolute atomic E-state index is 5.83. The highest BCUT2D eigenvalue weighted by Crippen LogP contribution is 2.23. The molecule has 2 nitrogen and oxygen atoms in total. The standard InChI is InChI=1S/C15H23NO/c1-5-7-16-8-6-9-17-15-11-12(2)10-13(3)14(15)4/h5,10-11,16H,1,6-9H2,2-4H3/p+1. The van der Waals surface area contributed by atoms with Gasteiger partial charge < -0.3 is 10.1 Å². The fourth-order valence-electron chi connectivity index (χ4n) is 1.80. The first-order valence-corrected chi connectivity index (χ1v) is 6.28. The Bertz CT molecular complexity index is 371. The first kappa shape index (κ1) is 13.8. The quantitative estimate of drug-likeness (QED) is 0.567. The molecule has 0 amide bonds. The van der Waals surface area contributed by atoms with Crippen LogP contribution in [0.1, 0.15) is 23.1 Å². The minimum atomic E-state index is 0.789. The molecule has 1 rings (SSSR count). The molecule has 0 spiro atoms. The van der Waals surface area contributed by atoms with Gasteiger partial charge in [-0.05, 0) is 49.6 Å². The minimum absolute atomic E-state index is 0.789. The van der Waals surface area contributed by atoms with Crippen molar-refractivity contribution in [2.45, 2.75) is 27.2 Å². The highest BCUT2D eigenvalue weighted by atomic mass is 16.5. The van der Waals surface area contributed by atoms with Crippen molar-refractivity contribution in [3.63, 3.8) is 0 Å². The Balaban J connectivity index is 2.38. The molecule has 0 aromatic heterocycles. The zero-order chi connectivity index (χ0) is 12.7. The average Bonchev–Trinajstić information content (AvgIpc) is 2.29. The predicted molar refractivity (Wildman–Crippen MR) is 72.6 cm³/mol. The Morgan fingerprint density at radius 2 is 2.06 bits per heavy atom. The van der Waals surface area contributed by atoms with Gasteiger partial charge in [0.25, 0.3) is 0 Å². The Morgan fingerprint density at radius 1 is 1.29 bits per heavy atom. The van der Waals surface area contributed by atoms with E-state index in [1.165, 1.54) is 16.7 Å². The molecule has 0 aliphatic rings. The molecule has 0 heterocycles. The molecular formula is C15H24NO+. The van der Waals surface area contributed by atoms with Crippen molar-refractivity contribution < 1.29 is 10.1 Å². The largest absolute Gasteiger partial charge is 0.493 e. The van der Waals surface area contributed by atoms with Gasteiger partial charge in [-0.2, -0.15) is 0 Å².